The van der Waals surface area contributed by atoms with Crippen molar-refractivity contribution in [2.45, 2.75) is 53.6 Å². The molecule has 0 aliphatic carbocycles. The summed E-state index contributed by atoms with van der Waals surface area (Å²) in [5.74, 6) is 0. The fourth-order valence-electron chi connectivity index (χ4n) is 1.86. The molecule has 94 valence electrons. The van der Waals surface area contributed by atoms with Gasteiger partial charge in [0.05, 0.1) is 5.69 Å². The molecule has 0 atom stereocenters. The lowest BCUT2D eigenvalue weighted by molar-refractivity contribution is 0.169. The van der Waals surface area contributed by atoms with Crippen LogP contribution in [0.25, 0.3) is 0 Å². The molecule has 0 aromatic heterocycles. The standard InChI is InChI=1S/C14H23N3/c1-10(2)17(11(3)4)16-15-14-12(5)8-7-9-13(14)6/h7-11H,1-6H3. The second-order valence-electron chi connectivity index (χ2n) is 5.00. The average Bonchev–Trinajstić information content (AvgIpc) is 2.21. The topological polar surface area (TPSA) is 28.0 Å². The molecule has 1 aromatic rings. The molecule has 0 amide bonds. The zero-order valence-corrected chi connectivity index (χ0v) is 11.7. The lowest BCUT2D eigenvalue weighted by Crippen LogP contribution is -2.31. The van der Waals surface area contributed by atoms with Gasteiger partial charge in [0.1, 0.15) is 0 Å². The van der Waals surface area contributed by atoms with E-state index in [4.69, 9.17) is 0 Å². The minimum atomic E-state index is 0.364. The molecule has 0 N–H and O–H groups in total. The number of hydrogen-bond donors (Lipinski definition) is 0. The van der Waals surface area contributed by atoms with E-state index in [0.717, 1.165) is 5.69 Å². The van der Waals surface area contributed by atoms with Crippen LogP contribution in [0.5, 0.6) is 0 Å². The van der Waals surface area contributed by atoms with Gasteiger partial charge in [0.15, 0.2) is 0 Å². The number of benzene rings is 1. The zero-order valence-electron chi connectivity index (χ0n) is 11.7. The van der Waals surface area contributed by atoms with Gasteiger partial charge in [-0.05, 0) is 52.7 Å². The number of aryl methyl sites for hydroxylation is 2. The monoisotopic (exact) mass is 233 g/mol. The maximum Gasteiger partial charge on any atom is 0.0932 e. The summed E-state index contributed by atoms with van der Waals surface area (Å²) in [5, 5.41) is 10.8. The summed E-state index contributed by atoms with van der Waals surface area (Å²) < 4.78 is 0. The Balaban J connectivity index is 2.96. The summed E-state index contributed by atoms with van der Waals surface area (Å²) in [5.41, 5.74) is 3.32. The van der Waals surface area contributed by atoms with Crippen molar-refractivity contribution in [2.24, 2.45) is 10.3 Å². The minimum absolute atomic E-state index is 0.364. The first-order valence-corrected chi connectivity index (χ1v) is 6.19. The first-order valence-electron chi connectivity index (χ1n) is 6.19. The smallest absolute Gasteiger partial charge is 0.0932 e. The Morgan fingerprint density at radius 1 is 0.941 bits per heavy atom. The van der Waals surface area contributed by atoms with Gasteiger partial charge in [0, 0.05) is 12.1 Å². The second-order valence-corrected chi connectivity index (χ2v) is 5.00. The average molecular weight is 233 g/mol. The Morgan fingerprint density at radius 2 is 1.41 bits per heavy atom. The van der Waals surface area contributed by atoms with E-state index in [1.807, 2.05) is 11.1 Å². The van der Waals surface area contributed by atoms with Crippen LogP contribution < -0.4 is 0 Å². The largest absolute Gasteiger partial charge is 0.273 e. The van der Waals surface area contributed by atoms with E-state index in [0.29, 0.717) is 12.1 Å². The third-order valence-corrected chi connectivity index (χ3v) is 2.75. The van der Waals surface area contributed by atoms with Gasteiger partial charge in [0.2, 0.25) is 0 Å². The van der Waals surface area contributed by atoms with E-state index in [1.54, 1.807) is 0 Å². The van der Waals surface area contributed by atoms with Crippen molar-refractivity contribution >= 4 is 5.69 Å². The molecule has 0 bridgehead atoms. The quantitative estimate of drug-likeness (QED) is 0.559. The summed E-state index contributed by atoms with van der Waals surface area (Å²) in [6, 6.07) is 6.91. The SMILES string of the molecule is Cc1cccc(C)c1N=NN(C(C)C)C(C)C. The van der Waals surface area contributed by atoms with Crippen LogP contribution in [-0.2, 0) is 0 Å². The highest BCUT2D eigenvalue weighted by atomic mass is 15.6. The number of nitrogens with zero attached hydrogens (tertiary/aromatic N) is 3. The molecule has 0 aliphatic rings. The van der Waals surface area contributed by atoms with Gasteiger partial charge >= 0.3 is 0 Å². The van der Waals surface area contributed by atoms with E-state index in [2.05, 4.69) is 64.0 Å². The van der Waals surface area contributed by atoms with Gasteiger partial charge < -0.3 is 0 Å². The molecule has 0 fully saturated rings. The maximum atomic E-state index is 4.40. The van der Waals surface area contributed by atoms with Crippen molar-refractivity contribution in [1.82, 2.24) is 5.01 Å². The van der Waals surface area contributed by atoms with Crippen molar-refractivity contribution in [2.75, 3.05) is 0 Å². The summed E-state index contributed by atoms with van der Waals surface area (Å²) in [4.78, 5) is 0. The Hall–Kier alpha value is -1.38. The highest BCUT2D eigenvalue weighted by Gasteiger charge is 2.10. The van der Waals surface area contributed by atoms with Crippen LogP contribution in [0.2, 0.25) is 0 Å². The molecule has 3 nitrogen and oxygen atoms in total. The first-order chi connectivity index (χ1) is 7.93. The van der Waals surface area contributed by atoms with Crippen molar-refractivity contribution in [3.05, 3.63) is 29.3 Å². The zero-order chi connectivity index (χ0) is 13.0. The van der Waals surface area contributed by atoms with E-state index < -0.39 is 0 Å². The third kappa shape index (κ3) is 3.55. The van der Waals surface area contributed by atoms with Gasteiger partial charge in [-0.2, -0.15) is 0 Å². The highest BCUT2D eigenvalue weighted by molar-refractivity contribution is 5.50. The van der Waals surface area contributed by atoms with E-state index in [1.165, 1.54) is 11.1 Å². The third-order valence-electron chi connectivity index (χ3n) is 2.75. The molecule has 3 heteroatoms. The van der Waals surface area contributed by atoms with Crippen molar-refractivity contribution < 1.29 is 0 Å². The van der Waals surface area contributed by atoms with Gasteiger partial charge in [-0.3, -0.25) is 5.01 Å². The number of rotatable bonds is 4. The number of hydrogen-bond acceptors (Lipinski definition) is 2. The van der Waals surface area contributed by atoms with Crippen LogP contribution >= 0.6 is 0 Å². The predicted molar refractivity (Wildman–Crippen MR) is 72.5 cm³/mol. The molecule has 1 aromatic carbocycles. The van der Waals surface area contributed by atoms with Crippen molar-refractivity contribution in [3.8, 4) is 0 Å². The molecular formula is C14H23N3. The van der Waals surface area contributed by atoms with Crippen LogP contribution in [0, 0.1) is 13.8 Å². The summed E-state index contributed by atoms with van der Waals surface area (Å²) in [6.07, 6.45) is 0. The fraction of sp³-hybridized carbons (Fsp3) is 0.571. The maximum absolute atomic E-state index is 4.40. The molecule has 0 spiro atoms. The van der Waals surface area contributed by atoms with E-state index in [9.17, 15) is 0 Å². The Kier molecular flexibility index (Phi) is 4.67. The highest BCUT2D eigenvalue weighted by Crippen LogP contribution is 2.24. The van der Waals surface area contributed by atoms with Crippen LogP contribution in [0.3, 0.4) is 0 Å². The van der Waals surface area contributed by atoms with Crippen LogP contribution in [0.1, 0.15) is 38.8 Å². The Morgan fingerprint density at radius 3 is 1.82 bits per heavy atom. The van der Waals surface area contributed by atoms with Gasteiger partial charge in [-0.15, -0.1) is 5.11 Å². The van der Waals surface area contributed by atoms with Crippen LogP contribution in [-0.4, -0.2) is 17.1 Å². The van der Waals surface area contributed by atoms with Gasteiger partial charge in [-0.1, -0.05) is 23.4 Å². The lowest BCUT2D eigenvalue weighted by Gasteiger charge is -2.25. The molecule has 0 heterocycles. The van der Waals surface area contributed by atoms with Crippen LogP contribution in [0.15, 0.2) is 28.5 Å². The first kappa shape index (κ1) is 13.7. The van der Waals surface area contributed by atoms with Gasteiger partial charge in [-0.25, -0.2) is 0 Å². The minimum Gasteiger partial charge on any atom is -0.273 e. The normalized spacial score (nSPS) is 11.8. The summed E-state index contributed by atoms with van der Waals surface area (Å²) in [7, 11) is 0. The second kappa shape index (κ2) is 5.80. The summed E-state index contributed by atoms with van der Waals surface area (Å²) in [6.45, 7) is 12.6. The molecule has 0 aliphatic heterocycles. The molecule has 0 saturated carbocycles. The Labute approximate surface area is 105 Å². The van der Waals surface area contributed by atoms with Crippen molar-refractivity contribution in [1.29, 1.82) is 0 Å². The Bertz CT molecular complexity index is 366. The molecule has 0 saturated heterocycles. The van der Waals surface area contributed by atoms with E-state index >= 15 is 0 Å². The molecule has 17 heavy (non-hydrogen) atoms. The van der Waals surface area contributed by atoms with Gasteiger partial charge in [0.25, 0.3) is 0 Å². The summed E-state index contributed by atoms with van der Waals surface area (Å²) >= 11 is 0. The van der Waals surface area contributed by atoms with E-state index in [-0.39, 0.29) is 0 Å². The fourth-order valence-corrected chi connectivity index (χ4v) is 1.86. The molecule has 0 unspecified atom stereocenters. The molecule has 0 radical (unpaired) electrons. The van der Waals surface area contributed by atoms with Crippen LogP contribution in [0.4, 0.5) is 5.69 Å². The lowest BCUT2D eigenvalue weighted by atomic mass is 10.1. The molecular weight excluding hydrogens is 210 g/mol. The molecule has 1 rings (SSSR count). The predicted octanol–water partition coefficient (Wildman–Crippen LogP) is 4.42. The van der Waals surface area contributed by atoms with Crippen molar-refractivity contribution in [3.63, 3.8) is 0 Å².